The van der Waals surface area contributed by atoms with Gasteiger partial charge >= 0.3 is 0 Å². The van der Waals surface area contributed by atoms with Crippen molar-refractivity contribution in [3.05, 3.63) is 33.5 Å². The van der Waals surface area contributed by atoms with Crippen LogP contribution >= 0.6 is 34.3 Å². The van der Waals surface area contributed by atoms with Gasteiger partial charge in [0.25, 0.3) is 5.91 Å². The molecule has 2 heterocycles. The number of hydrogen-bond donors (Lipinski definition) is 1. The molecule has 1 N–H and O–H groups in total. The van der Waals surface area contributed by atoms with Gasteiger partial charge in [0.05, 0.1) is 27.7 Å². The summed E-state index contributed by atoms with van der Waals surface area (Å²) in [7, 11) is 0. The van der Waals surface area contributed by atoms with Crippen LogP contribution in [0.3, 0.4) is 0 Å². The molecule has 2 rings (SSSR count). The quantitative estimate of drug-likeness (QED) is 0.841. The average molecular weight is 350 g/mol. The second-order valence-corrected chi connectivity index (χ2v) is 4.45. The predicted molar refractivity (Wildman–Crippen MR) is 64.8 cm³/mol. The summed E-state index contributed by atoms with van der Waals surface area (Å²) in [6, 6.07) is 1.28. The van der Waals surface area contributed by atoms with Crippen LogP contribution in [0.4, 0.5) is 10.2 Å². The van der Waals surface area contributed by atoms with Crippen molar-refractivity contribution in [3.63, 3.8) is 0 Å². The standard InChI is InChI=1S/C8H4FIN4OS/c9-4-1-5(10)7(11-2-4)13-8(15)6-3-12-16-14-6/h1-3H,(H,11,13,15). The van der Waals surface area contributed by atoms with Gasteiger partial charge in [-0.3, -0.25) is 4.79 Å². The first-order valence-electron chi connectivity index (χ1n) is 4.07. The fraction of sp³-hybridized carbons (Fsp3) is 0. The summed E-state index contributed by atoms with van der Waals surface area (Å²) in [4.78, 5) is 15.3. The van der Waals surface area contributed by atoms with Gasteiger partial charge < -0.3 is 5.32 Å². The maximum absolute atomic E-state index is 12.8. The molecule has 1 amide bonds. The zero-order valence-corrected chi connectivity index (χ0v) is 10.6. The van der Waals surface area contributed by atoms with Crippen LogP contribution in [0.25, 0.3) is 0 Å². The van der Waals surface area contributed by atoms with E-state index in [4.69, 9.17) is 0 Å². The molecule has 82 valence electrons. The summed E-state index contributed by atoms with van der Waals surface area (Å²) in [6.45, 7) is 0. The van der Waals surface area contributed by atoms with Gasteiger partial charge in [0, 0.05) is 0 Å². The first-order chi connectivity index (χ1) is 7.66. The van der Waals surface area contributed by atoms with E-state index in [9.17, 15) is 9.18 Å². The minimum atomic E-state index is -0.447. The minimum Gasteiger partial charge on any atom is -0.304 e. The molecule has 0 aliphatic rings. The zero-order chi connectivity index (χ0) is 11.5. The topological polar surface area (TPSA) is 67.8 Å². The van der Waals surface area contributed by atoms with Crippen molar-refractivity contribution in [1.82, 2.24) is 13.7 Å². The van der Waals surface area contributed by atoms with Crippen LogP contribution in [0.15, 0.2) is 18.5 Å². The fourth-order valence-electron chi connectivity index (χ4n) is 0.943. The molecule has 8 heteroatoms. The van der Waals surface area contributed by atoms with Crippen LogP contribution < -0.4 is 5.32 Å². The Labute approximate surface area is 108 Å². The summed E-state index contributed by atoms with van der Waals surface area (Å²) in [5.41, 5.74) is 0.215. The molecule has 0 aliphatic carbocycles. The van der Waals surface area contributed by atoms with Gasteiger partial charge in [0.2, 0.25) is 0 Å². The molecule has 2 aromatic rings. The van der Waals surface area contributed by atoms with Crippen LogP contribution in [0.1, 0.15) is 10.5 Å². The molecule has 0 aliphatic heterocycles. The van der Waals surface area contributed by atoms with E-state index in [0.717, 1.165) is 17.9 Å². The molecule has 5 nitrogen and oxygen atoms in total. The zero-order valence-electron chi connectivity index (χ0n) is 7.65. The molecule has 0 radical (unpaired) electrons. The molecule has 0 fully saturated rings. The van der Waals surface area contributed by atoms with E-state index in [1.165, 1.54) is 12.3 Å². The Bertz CT molecular complexity index is 519. The number of hydrogen-bond acceptors (Lipinski definition) is 5. The Kier molecular flexibility index (Phi) is 3.39. The number of anilines is 1. The number of nitrogens with zero attached hydrogens (tertiary/aromatic N) is 3. The molecular formula is C8H4FIN4OS. The minimum absolute atomic E-state index is 0.215. The third-order valence-electron chi connectivity index (χ3n) is 1.63. The summed E-state index contributed by atoms with van der Waals surface area (Å²) in [6.07, 6.45) is 2.40. The molecule has 0 atom stereocenters. The van der Waals surface area contributed by atoms with E-state index in [1.54, 1.807) is 0 Å². The maximum atomic E-state index is 12.8. The summed E-state index contributed by atoms with van der Waals surface area (Å²) < 4.78 is 20.8. The molecule has 0 spiro atoms. The van der Waals surface area contributed by atoms with E-state index >= 15 is 0 Å². The van der Waals surface area contributed by atoms with Gasteiger partial charge in [-0.15, -0.1) is 0 Å². The number of halogens is 2. The number of nitrogens with one attached hydrogen (secondary N) is 1. The van der Waals surface area contributed by atoms with Crippen molar-refractivity contribution in [2.24, 2.45) is 0 Å². The van der Waals surface area contributed by atoms with Gasteiger partial charge in [0.15, 0.2) is 5.69 Å². The summed E-state index contributed by atoms with van der Waals surface area (Å²) in [5, 5.41) is 2.52. The average Bonchev–Trinajstić information content (AvgIpc) is 2.75. The maximum Gasteiger partial charge on any atom is 0.278 e. The Morgan fingerprint density at radius 3 is 2.94 bits per heavy atom. The molecule has 0 aromatic carbocycles. The van der Waals surface area contributed by atoms with E-state index in [1.807, 2.05) is 22.6 Å². The number of amides is 1. The smallest absolute Gasteiger partial charge is 0.278 e. The molecule has 0 bridgehead atoms. The van der Waals surface area contributed by atoms with Gasteiger partial charge in [-0.1, -0.05) is 0 Å². The van der Waals surface area contributed by atoms with E-state index < -0.39 is 11.7 Å². The van der Waals surface area contributed by atoms with E-state index in [2.05, 4.69) is 19.0 Å². The second-order valence-electron chi connectivity index (χ2n) is 2.73. The fourth-order valence-corrected chi connectivity index (χ4v) is 1.93. The lowest BCUT2D eigenvalue weighted by atomic mass is 10.4. The monoisotopic (exact) mass is 350 g/mol. The van der Waals surface area contributed by atoms with Crippen LogP contribution in [0.2, 0.25) is 0 Å². The van der Waals surface area contributed by atoms with Crippen molar-refractivity contribution in [2.75, 3.05) is 5.32 Å². The number of carbonyl (C=O) groups excluding carboxylic acids is 1. The Morgan fingerprint density at radius 1 is 1.50 bits per heavy atom. The Morgan fingerprint density at radius 2 is 2.31 bits per heavy atom. The normalized spacial score (nSPS) is 10.1. The number of pyridine rings is 1. The molecule has 16 heavy (non-hydrogen) atoms. The molecular weight excluding hydrogens is 346 g/mol. The molecule has 0 saturated carbocycles. The second kappa shape index (κ2) is 4.78. The van der Waals surface area contributed by atoms with Gasteiger partial charge in [-0.25, -0.2) is 9.37 Å². The van der Waals surface area contributed by atoms with Crippen molar-refractivity contribution >= 4 is 46.0 Å². The number of carbonyl (C=O) groups is 1. The summed E-state index contributed by atoms with van der Waals surface area (Å²) in [5.74, 6) is -0.552. The van der Waals surface area contributed by atoms with Gasteiger partial charge in [-0.2, -0.15) is 8.75 Å². The van der Waals surface area contributed by atoms with Crippen LogP contribution in [0.5, 0.6) is 0 Å². The highest BCUT2D eigenvalue weighted by Crippen LogP contribution is 2.16. The van der Waals surface area contributed by atoms with Crippen LogP contribution in [-0.2, 0) is 0 Å². The highest BCUT2D eigenvalue weighted by Gasteiger charge is 2.11. The largest absolute Gasteiger partial charge is 0.304 e. The van der Waals surface area contributed by atoms with Gasteiger partial charge in [-0.05, 0) is 28.7 Å². The van der Waals surface area contributed by atoms with E-state index in [-0.39, 0.29) is 5.69 Å². The number of aromatic nitrogens is 3. The van der Waals surface area contributed by atoms with Crippen molar-refractivity contribution < 1.29 is 9.18 Å². The Balaban J connectivity index is 2.18. The third-order valence-corrected chi connectivity index (χ3v) is 2.93. The predicted octanol–water partition coefficient (Wildman–Crippen LogP) is 1.93. The molecule has 0 saturated heterocycles. The van der Waals surface area contributed by atoms with Crippen LogP contribution in [-0.4, -0.2) is 19.6 Å². The Hall–Kier alpha value is -1.16. The number of rotatable bonds is 2. The molecule has 0 unspecified atom stereocenters. The highest BCUT2D eigenvalue weighted by atomic mass is 127. The third kappa shape index (κ3) is 2.50. The van der Waals surface area contributed by atoms with Gasteiger partial charge in [0.1, 0.15) is 11.6 Å². The first-order valence-corrected chi connectivity index (χ1v) is 5.87. The lowest BCUT2D eigenvalue weighted by molar-refractivity contribution is 0.102. The lowest BCUT2D eigenvalue weighted by Gasteiger charge is -2.03. The van der Waals surface area contributed by atoms with Crippen molar-refractivity contribution in [1.29, 1.82) is 0 Å². The highest BCUT2D eigenvalue weighted by molar-refractivity contribution is 14.1. The van der Waals surface area contributed by atoms with Crippen molar-refractivity contribution in [3.8, 4) is 0 Å². The van der Waals surface area contributed by atoms with Crippen LogP contribution in [0, 0.1) is 9.39 Å². The summed E-state index contributed by atoms with van der Waals surface area (Å²) >= 11 is 2.83. The SMILES string of the molecule is O=C(Nc1ncc(F)cc1I)c1cnsn1. The lowest BCUT2D eigenvalue weighted by Crippen LogP contribution is -2.14. The van der Waals surface area contributed by atoms with E-state index in [0.29, 0.717) is 9.39 Å². The van der Waals surface area contributed by atoms with Crippen molar-refractivity contribution in [2.45, 2.75) is 0 Å². The molecule has 2 aromatic heterocycles. The first kappa shape index (κ1) is 11.3.